The third-order valence-corrected chi connectivity index (χ3v) is 1.26. The third-order valence-electron chi connectivity index (χ3n) is 1.26. The van der Waals surface area contributed by atoms with Crippen molar-refractivity contribution in [2.24, 2.45) is 10.8 Å². The van der Waals surface area contributed by atoms with Crippen molar-refractivity contribution in [3.8, 4) is 0 Å². The zero-order valence-electron chi connectivity index (χ0n) is 8.37. The molecule has 0 saturated heterocycles. The fourth-order valence-corrected chi connectivity index (χ4v) is 0.656. The highest BCUT2D eigenvalue weighted by Crippen LogP contribution is 1.85. The monoisotopic (exact) mass is 201 g/mol. The van der Waals surface area contributed by atoms with Crippen molar-refractivity contribution in [2.45, 2.75) is 26.7 Å². The van der Waals surface area contributed by atoms with E-state index in [4.69, 9.17) is 5.73 Å². The number of hydrogen-bond acceptors (Lipinski definition) is 4. The van der Waals surface area contributed by atoms with Gasteiger partial charge in [0.25, 0.3) is 0 Å². The topological polar surface area (TPSA) is 93.8 Å². The van der Waals surface area contributed by atoms with Crippen LogP contribution in [-0.4, -0.2) is 24.3 Å². The van der Waals surface area contributed by atoms with Crippen LogP contribution in [0.1, 0.15) is 26.7 Å². The number of esters is 1. The number of rotatable bonds is 4. The van der Waals surface area contributed by atoms with Gasteiger partial charge in [-0.1, -0.05) is 6.92 Å². The molecule has 0 spiro atoms. The van der Waals surface area contributed by atoms with Gasteiger partial charge in [0.1, 0.15) is 0 Å². The maximum Gasteiger partial charge on any atom is 0.375 e. The maximum atomic E-state index is 10.9. The van der Waals surface area contributed by atoms with Gasteiger partial charge >= 0.3 is 5.97 Å². The van der Waals surface area contributed by atoms with Gasteiger partial charge in [-0.05, 0) is 13.3 Å². The Bertz CT molecular complexity index is 238. The number of carbonyl (C=O) groups excluding carboxylic acids is 2. The van der Waals surface area contributed by atoms with Crippen LogP contribution in [0.5, 0.6) is 0 Å². The second kappa shape index (κ2) is 6.88. The van der Waals surface area contributed by atoms with E-state index in [-0.39, 0.29) is 18.3 Å². The predicted octanol–water partition coefficient (Wildman–Crippen LogP) is -0.262. The molecule has 6 heteroatoms. The fraction of sp³-hybridized carbons (Fsp3) is 0.625. The lowest BCUT2D eigenvalue weighted by atomic mass is 10.3. The summed E-state index contributed by atoms with van der Waals surface area (Å²) in [6.07, 6.45) is 1.06. The van der Waals surface area contributed by atoms with Gasteiger partial charge in [-0.25, -0.2) is 10.2 Å². The van der Waals surface area contributed by atoms with Gasteiger partial charge in [-0.2, -0.15) is 0 Å². The van der Waals surface area contributed by atoms with Gasteiger partial charge in [0.15, 0.2) is 0 Å². The van der Waals surface area contributed by atoms with Gasteiger partial charge in [0, 0.05) is 6.42 Å². The number of amidine groups is 1. The Hall–Kier alpha value is -1.59. The molecule has 0 aliphatic carbocycles. The van der Waals surface area contributed by atoms with Crippen molar-refractivity contribution in [2.75, 3.05) is 6.61 Å². The molecule has 0 fully saturated rings. The van der Waals surface area contributed by atoms with Crippen LogP contribution in [0.2, 0.25) is 0 Å². The maximum absolute atomic E-state index is 10.9. The summed E-state index contributed by atoms with van der Waals surface area (Å²) in [4.78, 5) is 21.8. The van der Waals surface area contributed by atoms with Crippen molar-refractivity contribution >= 4 is 17.7 Å². The molecule has 0 aliphatic rings. The smallest absolute Gasteiger partial charge is 0.375 e. The summed E-state index contributed by atoms with van der Waals surface area (Å²) in [7, 11) is 0. The summed E-state index contributed by atoms with van der Waals surface area (Å²) in [5, 5.41) is 3.38. The lowest BCUT2D eigenvalue weighted by molar-refractivity contribution is -0.135. The number of hydrogen-bond donors (Lipinski definition) is 2. The summed E-state index contributed by atoms with van der Waals surface area (Å²) in [6.45, 7) is 3.73. The first-order chi connectivity index (χ1) is 6.61. The molecule has 0 bridgehead atoms. The highest BCUT2D eigenvalue weighted by atomic mass is 16.5. The zero-order chi connectivity index (χ0) is 11.0. The molecular formula is C8H15N3O3. The number of nitrogens with two attached hydrogens (primary N) is 1. The standard InChI is InChI=1S/C8H15N3O3/c1-3-5-6(12)10-11-7(9)8(13)14-4-2/h3-5H2,1-2H3,(H2,9,11)(H,10,12). The molecule has 0 saturated carbocycles. The Morgan fingerprint density at radius 2 is 2.07 bits per heavy atom. The fourth-order valence-electron chi connectivity index (χ4n) is 0.656. The molecular weight excluding hydrogens is 186 g/mol. The van der Waals surface area contributed by atoms with E-state index in [2.05, 4.69) is 15.3 Å². The Kier molecular flexibility index (Phi) is 6.09. The third kappa shape index (κ3) is 5.13. The van der Waals surface area contributed by atoms with Crippen LogP contribution in [0.4, 0.5) is 0 Å². The van der Waals surface area contributed by atoms with Crippen LogP contribution in [0.3, 0.4) is 0 Å². The number of carbonyl (C=O) groups is 2. The molecule has 0 atom stereocenters. The minimum atomic E-state index is -0.732. The Morgan fingerprint density at radius 1 is 1.43 bits per heavy atom. The minimum Gasteiger partial charge on any atom is -0.460 e. The van der Waals surface area contributed by atoms with E-state index < -0.39 is 5.97 Å². The number of amides is 1. The molecule has 0 heterocycles. The van der Waals surface area contributed by atoms with E-state index in [0.29, 0.717) is 12.8 Å². The van der Waals surface area contributed by atoms with Crippen molar-refractivity contribution in [3.63, 3.8) is 0 Å². The van der Waals surface area contributed by atoms with Gasteiger partial charge in [0.05, 0.1) is 6.61 Å². The number of nitrogens with one attached hydrogen (secondary N) is 1. The summed E-state index contributed by atoms with van der Waals surface area (Å²) < 4.78 is 4.55. The number of hydrazone groups is 1. The first-order valence-corrected chi connectivity index (χ1v) is 4.40. The Morgan fingerprint density at radius 3 is 2.57 bits per heavy atom. The predicted molar refractivity (Wildman–Crippen MR) is 51.3 cm³/mol. The van der Waals surface area contributed by atoms with Crippen molar-refractivity contribution in [1.82, 2.24) is 5.43 Å². The molecule has 0 unspecified atom stereocenters. The summed E-state index contributed by atoms with van der Waals surface area (Å²) in [5.74, 6) is -1.36. The van der Waals surface area contributed by atoms with Gasteiger partial charge < -0.3 is 10.5 Å². The molecule has 14 heavy (non-hydrogen) atoms. The average Bonchev–Trinajstić information content (AvgIpc) is 2.15. The molecule has 0 aliphatic heterocycles. The largest absolute Gasteiger partial charge is 0.460 e. The quantitative estimate of drug-likeness (QED) is 0.283. The van der Waals surface area contributed by atoms with E-state index in [9.17, 15) is 9.59 Å². The molecule has 0 radical (unpaired) electrons. The summed E-state index contributed by atoms with van der Waals surface area (Å²) in [6, 6.07) is 0. The summed E-state index contributed by atoms with van der Waals surface area (Å²) in [5.41, 5.74) is 7.35. The minimum absolute atomic E-state index is 0.220. The SMILES string of the molecule is CCCC(=O)N/N=C(\N)C(=O)OCC. The van der Waals surface area contributed by atoms with E-state index in [0.717, 1.165) is 0 Å². The lowest BCUT2D eigenvalue weighted by Gasteiger charge is -2.01. The van der Waals surface area contributed by atoms with E-state index in [1.54, 1.807) is 6.92 Å². The molecule has 0 aromatic carbocycles. The van der Waals surface area contributed by atoms with Crippen LogP contribution < -0.4 is 11.2 Å². The van der Waals surface area contributed by atoms with Crippen molar-refractivity contribution < 1.29 is 14.3 Å². The Balaban J connectivity index is 3.98. The van der Waals surface area contributed by atoms with E-state index in [1.807, 2.05) is 6.92 Å². The first kappa shape index (κ1) is 12.4. The first-order valence-electron chi connectivity index (χ1n) is 4.40. The lowest BCUT2D eigenvalue weighted by Crippen LogP contribution is -2.30. The molecule has 1 amide bonds. The molecule has 0 rings (SSSR count). The zero-order valence-corrected chi connectivity index (χ0v) is 8.37. The molecule has 6 nitrogen and oxygen atoms in total. The molecule has 3 N–H and O–H groups in total. The second-order valence-electron chi connectivity index (χ2n) is 2.50. The van der Waals surface area contributed by atoms with Crippen LogP contribution in [0.25, 0.3) is 0 Å². The number of nitrogens with zero attached hydrogens (tertiary/aromatic N) is 1. The molecule has 0 aromatic rings. The Labute approximate surface area is 82.5 Å². The highest BCUT2D eigenvalue weighted by molar-refractivity contribution is 6.34. The normalized spacial score (nSPS) is 10.9. The van der Waals surface area contributed by atoms with Crippen LogP contribution in [0, 0.1) is 0 Å². The molecule has 80 valence electrons. The van der Waals surface area contributed by atoms with Crippen LogP contribution >= 0.6 is 0 Å². The van der Waals surface area contributed by atoms with Crippen molar-refractivity contribution in [1.29, 1.82) is 0 Å². The van der Waals surface area contributed by atoms with Crippen LogP contribution in [-0.2, 0) is 14.3 Å². The van der Waals surface area contributed by atoms with Gasteiger partial charge in [-0.3, -0.25) is 4.79 Å². The van der Waals surface area contributed by atoms with Crippen molar-refractivity contribution in [3.05, 3.63) is 0 Å². The second-order valence-corrected chi connectivity index (χ2v) is 2.50. The van der Waals surface area contributed by atoms with E-state index >= 15 is 0 Å². The molecule has 0 aromatic heterocycles. The van der Waals surface area contributed by atoms with Gasteiger partial charge in [-0.15, -0.1) is 5.10 Å². The van der Waals surface area contributed by atoms with E-state index in [1.165, 1.54) is 0 Å². The van der Waals surface area contributed by atoms with Crippen LogP contribution in [0.15, 0.2) is 5.10 Å². The summed E-state index contributed by atoms with van der Waals surface area (Å²) >= 11 is 0. The average molecular weight is 201 g/mol. The number of ether oxygens (including phenoxy) is 1. The highest BCUT2D eigenvalue weighted by Gasteiger charge is 2.07. The van der Waals surface area contributed by atoms with Gasteiger partial charge in [0.2, 0.25) is 11.7 Å².